The van der Waals surface area contributed by atoms with E-state index in [-0.39, 0.29) is 18.5 Å². The molecule has 57 heavy (non-hydrogen) atoms. The number of esters is 1. The fourth-order valence-electron chi connectivity index (χ4n) is 7.61. The van der Waals surface area contributed by atoms with Crippen LogP contribution in [0.4, 0.5) is 0 Å². The second kappa shape index (κ2) is 47.0. The molecule has 3 N–H and O–H groups in total. The summed E-state index contributed by atoms with van der Waals surface area (Å²) in [5.74, 6) is -0.0961. The number of hydrogen-bond donors (Lipinski definition) is 3. The van der Waals surface area contributed by atoms with Crippen LogP contribution in [0.15, 0.2) is 24.3 Å². The molecule has 0 aliphatic rings. The topological polar surface area (TPSA) is 95.9 Å². The van der Waals surface area contributed by atoms with E-state index in [1.54, 1.807) is 0 Å². The summed E-state index contributed by atoms with van der Waals surface area (Å²) in [6, 6.07) is -0.561. The summed E-state index contributed by atoms with van der Waals surface area (Å²) in [7, 11) is 0. The zero-order valence-electron chi connectivity index (χ0n) is 38.1. The fraction of sp³-hybridized carbons (Fsp3) is 0.882. The molecule has 2 atom stereocenters. The Morgan fingerprint density at radius 3 is 1.35 bits per heavy atom. The molecule has 0 bridgehead atoms. The predicted octanol–water partition coefficient (Wildman–Crippen LogP) is 14.7. The molecule has 0 aromatic rings. The molecule has 0 aromatic carbocycles. The predicted molar refractivity (Wildman–Crippen MR) is 246 cm³/mol. The molecule has 0 radical (unpaired) electrons. The molecule has 6 heteroatoms. The Hall–Kier alpha value is -1.66. The third kappa shape index (κ3) is 43.7. The highest BCUT2D eigenvalue weighted by atomic mass is 16.5. The van der Waals surface area contributed by atoms with Crippen molar-refractivity contribution in [3.63, 3.8) is 0 Å². The lowest BCUT2D eigenvalue weighted by atomic mass is 10.0. The molecule has 0 aromatic heterocycles. The highest BCUT2D eigenvalue weighted by Crippen LogP contribution is 2.16. The number of carbonyl (C=O) groups excluding carboxylic acids is 2. The van der Waals surface area contributed by atoms with Crippen LogP contribution in [-0.4, -0.2) is 47.4 Å². The summed E-state index contributed by atoms with van der Waals surface area (Å²) >= 11 is 0. The lowest BCUT2D eigenvalue weighted by molar-refractivity contribution is -0.143. The van der Waals surface area contributed by atoms with Crippen LogP contribution in [0.25, 0.3) is 0 Å². The average Bonchev–Trinajstić information content (AvgIpc) is 3.21. The molecule has 336 valence electrons. The third-order valence-corrected chi connectivity index (χ3v) is 11.5. The number of allylic oxidation sites excluding steroid dienone is 4. The quantitative estimate of drug-likeness (QED) is 0.0324. The number of aliphatic hydroxyl groups is 2. The summed E-state index contributed by atoms with van der Waals surface area (Å²) < 4.78 is 5.45. The first kappa shape index (κ1) is 55.3. The summed E-state index contributed by atoms with van der Waals surface area (Å²) in [5, 5.41) is 23.2. The highest BCUT2D eigenvalue weighted by Gasteiger charge is 2.20. The second-order valence-corrected chi connectivity index (χ2v) is 17.1. The molecule has 0 aliphatic carbocycles. The molecule has 1 amide bonds. The summed E-state index contributed by atoms with van der Waals surface area (Å²) in [6.45, 7) is 4.86. The van der Waals surface area contributed by atoms with Crippen molar-refractivity contribution in [3.8, 4) is 0 Å². The Morgan fingerprint density at radius 2 is 0.877 bits per heavy atom. The number of carbonyl (C=O) groups is 2. The molecule has 0 saturated carbocycles. The second-order valence-electron chi connectivity index (χ2n) is 17.1. The maximum absolute atomic E-state index is 12.4. The van der Waals surface area contributed by atoms with Crippen molar-refractivity contribution in [1.29, 1.82) is 0 Å². The molecule has 2 unspecified atom stereocenters. The van der Waals surface area contributed by atoms with E-state index < -0.39 is 12.1 Å². The number of aliphatic hydroxyl groups excluding tert-OH is 2. The minimum absolute atomic E-state index is 0.0325. The molecule has 0 heterocycles. The van der Waals surface area contributed by atoms with E-state index >= 15 is 0 Å². The monoisotopic (exact) mass is 804 g/mol. The van der Waals surface area contributed by atoms with Gasteiger partial charge in [-0.1, -0.05) is 218 Å². The Morgan fingerprint density at radius 1 is 0.491 bits per heavy atom. The Bertz CT molecular complexity index is 889. The van der Waals surface area contributed by atoms with Crippen molar-refractivity contribution in [3.05, 3.63) is 24.3 Å². The molecular weight excluding hydrogens is 707 g/mol. The van der Waals surface area contributed by atoms with E-state index in [9.17, 15) is 19.8 Å². The van der Waals surface area contributed by atoms with E-state index in [2.05, 4.69) is 43.5 Å². The van der Waals surface area contributed by atoms with E-state index in [4.69, 9.17) is 4.74 Å². The number of hydrogen-bond acceptors (Lipinski definition) is 5. The number of nitrogens with one attached hydrogen (secondary N) is 1. The molecule has 6 nitrogen and oxygen atoms in total. The maximum Gasteiger partial charge on any atom is 0.305 e. The third-order valence-electron chi connectivity index (χ3n) is 11.5. The van der Waals surface area contributed by atoms with Crippen LogP contribution in [-0.2, 0) is 14.3 Å². The van der Waals surface area contributed by atoms with Crippen LogP contribution < -0.4 is 5.32 Å². The highest BCUT2D eigenvalue weighted by molar-refractivity contribution is 5.76. The Labute approximate surface area is 354 Å². The zero-order valence-corrected chi connectivity index (χ0v) is 38.1. The number of ether oxygens (including phenoxy) is 1. The van der Waals surface area contributed by atoms with Gasteiger partial charge in [0.2, 0.25) is 5.91 Å². The van der Waals surface area contributed by atoms with Gasteiger partial charge >= 0.3 is 5.97 Å². The number of amides is 1. The normalized spacial score (nSPS) is 12.8. The van der Waals surface area contributed by atoms with Gasteiger partial charge in [0.1, 0.15) is 0 Å². The first-order valence-electron chi connectivity index (χ1n) is 25.1. The lowest BCUT2D eigenvalue weighted by Gasteiger charge is -2.22. The smallest absolute Gasteiger partial charge is 0.305 e. The van der Waals surface area contributed by atoms with Crippen molar-refractivity contribution < 1.29 is 24.5 Å². The molecule has 0 saturated heterocycles. The van der Waals surface area contributed by atoms with Crippen LogP contribution in [0.2, 0.25) is 0 Å². The van der Waals surface area contributed by atoms with Gasteiger partial charge in [-0.25, -0.2) is 0 Å². The van der Waals surface area contributed by atoms with E-state index in [0.717, 1.165) is 64.2 Å². The number of unbranched alkanes of at least 4 members (excludes halogenated alkanes) is 31. The SMILES string of the molecule is CCCCCC/C=C\C/C=C\CCCCCCCCCC(=O)OCCCCCCCCCCCC(=O)NC(CO)C(O)CCCCCCCCCCCCCCC. The van der Waals surface area contributed by atoms with E-state index in [1.807, 2.05) is 0 Å². The maximum atomic E-state index is 12.4. The van der Waals surface area contributed by atoms with Gasteiger partial charge in [-0.05, 0) is 57.8 Å². The van der Waals surface area contributed by atoms with Gasteiger partial charge in [0, 0.05) is 12.8 Å². The van der Waals surface area contributed by atoms with E-state index in [1.165, 1.54) is 167 Å². The first-order valence-corrected chi connectivity index (χ1v) is 25.1. The van der Waals surface area contributed by atoms with Crippen LogP contribution in [0.5, 0.6) is 0 Å². The average molecular weight is 804 g/mol. The van der Waals surface area contributed by atoms with Crippen LogP contribution in [0.3, 0.4) is 0 Å². The van der Waals surface area contributed by atoms with Gasteiger partial charge in [-0.2, -0.15) is 0 Å². The molecule has 0 aliphatic heterocycles. The lowest BCUT2D eigenvalue weighted by Crippen LogP contribution is -2.45. The van der Waals surface area contributed by atoms with Gasteiger partial charge in [0.05, 0.1) is 25.4 Å². The van der Waals surface area contributed by atoms with Crippen molar-refractivity contribution in [2.45, 2.75) is 276 Å². The van der Waals surface area contributed by atoms with Crippen molar-refractivity contribution in [2.75, 3.05) is 13.2 Å². The van der Waals surface area contributed by atoms with Crippen molar-refractivity contribution in [1.82, 2.24) is 5.32 Å². The summed E-state index contributed by atoms with van der Waals surface area (Å²) in [6.07, 6.45) is 54.2. The summed E-state index contributed by atoms with van der Waals surface area (Å²) in [4.78, 5) is 24.5. The minimum atomic E-state index is -0.681. The van der Waals surface area contributed by atoms with Crippen LogP contribution in [0.1, 0.15) is 264 Å². The Balaban J connectivity index is 3.49. The van der Waals surface area contributed by atoms with Gasteiger partial charge in [-0.15, -0.1) is 0 Å². The van der Waals surface area contributed by atoms with Crippen molar-refractivity contribution >= 4 is 11.9 Å². The van der Waals surface area contributed by atoms with Crippen LogP contribution >= 0.6 is 0 Å². The molecule has 0 fully saturated rings. The van der Waals surface area contributed by atoms with Gasteiger partial charge in [-0.3, -0.25) is 9.59 Å². The van der Waals surface area contributed by atoms with Gasteiger partial charge in [0.15, 0.2) is 0 Å². The van der Waals surface area contributed by atoms with E-state index in [0.29, 0.717) is 25.9 Å². The Kier molecular flexibility index (Phi) is 45.7. The van der Waals surface area contributed by atoms with Gasteiger partial charge < -0.3 is 20.3 Å². The van der Waals surface area contributed by atoms with Crippen LogP contribution in [0, 0.1) is 0 Å². The minimum Gasteiger partial charge on any atom is -0.466 e. The zero-order chi connectivity index (χ0) is 41.5. The van der Waals surface area contributed by atoms with Crippen molar-refractivity contribution in [2.24, 2.45) is 0 Å². The first-order chi connectivity index (χ1) is 28.0. The molecule has 0 spiro atoms. The molecular formula is C51H97NO5. The number of rotatable bonds is 46. The van der Waals surface area contributed by atoms with Gasteiger partial charge in [0.25, 0.3) is 0 Å². The largest absolute Gasteiger partial charge is 0.466 e. The standard InChI is InChI=1S/C51H97NO5/c1-3-5-7-9-11-13-15-17-18-19-20-21-23-25-29-33-37-41-45-51(56)57-46-42-38-34-30-26-28-32-36-40-44-50(55)52-48(47-53)49(54)43-39-35-31-27-24-22-16-14-12-10-8-6-4-2/h13,15,18-19,48-49,53-54H,3-12,14,16-17,20-47H2,1-2H3,(H,52,55)/b15-13-,19-18-. The fourth-order valence-corrected chi connectivity index (χ4v) is 7.61. The molecule has 0 rings (SSSR count). The summed E-state index contributed by atoms with van der Waals surface area (Å²) in [5.41, 5.74) is 0.